The fourth-order valence-corrected chi connectivity index (χ4v) is 3.72. The van der Waals surface area contributed by atoms with Gasteiger partial charge in [-0.25, -0.2) is 0 Å². The summed E-state index contributed by atoms with van der Waals surface area (Å²) in [6, 6.07) is 18.0. The molecule has 2 aromatic rings. The van der Waals surface area contributed by atoms with Crippen LogP contribution in [0.15, 0.2) is 70.5 Å². The number of carbonyl (C=O) groups excluding carboxylic acids is 2. The highest BCUT2D eigenvalue weighted by atomic mass is 32.2. The summed E-state index contributed by atoms with van der Waals surface area (Å²) in [4.78, 5) is 27.0. The summed E-state index contributed by atoms with van der Waals surface area (Å²) < 4.78 is 0. The van der Waals surface area contributed by atoms with Crippen LogP contribution in [0.25, 0.3) is 0 Å². The summed E-state index contributed by atoms with van der Waals surface area (Å²) >= 11 is 1.32. The van der Waals surface area contributed by atoms with Crippen LogP contribution in [0.3, 0.4) is 0 Å². The van der Waals surface area contributed by atoms with Crippen LogP contribution in [0, 0.1) is 0 Å². The van der Waals surface area contributed by atoms with Crippen molar-refractivity contribution in [3.8, 4) is 0 Å². The van der Waals surface area contributed by atoms with Gasteiger partial charge in [-0.05, 0) is 17.7 Å². The van der Waals surface area contributed by atoms with Gasteiger partial charge in [-0.2, -0.15) is 0 Å². The van der Waals surface area contributed by atoms with Gasteiger partial charge in [0.15, 0.2) is 0 Å². The molecular weight excluding hydrogens is 358 g/mol. The Balaban J connectivity index is 1.43. The van der Waals surface area contributed by atoms with Gasteiger partial charge in [0.2, 0.25) is 5.91 Å². The number of fused-ring (bicyclic) bond motifs is 1. The average molecular weight is 383 g/mol. The van der Waals surface area contributed by atoms with Crippen molar-refractivity contribution in [3.05, 3.63) is 71.1 Å². The Bertz CT molecular complexity index is 836. The Morgan fingerprint density at radius 3 is 2.67 bits per heavy atom. The number of likely N-dealkylation sites (N-methyl/N-ethyl adjacent to an activating group) is 1. The molecule has 1 unspecified atom stereocenters. The third kappa shape index (κ3) is 5.70. The van der Waals surface area contributed by atoms with Gasteiger partial charge in [-0.1, -0.05) is 54.2 Å². The first-order valence-corrected chi connectivity index (χ1v) is 9.86. The van der Waals surface area contributed by atoms with E-state index in [0.29, 0.717) is 11.4 Å². The highest BCUT2D eigenvalue weighted by Gasteiger charge is 2.21. The molecule has 1 aliphatic heterocycles. The molecule has 2 aromatic carbocycles. The first kappa shape index (κ1) is 19.2. The van der Waals surface area contributed by atoms with Gasteiger partial charge < -0.3 is 15.5 Å². The smallest absolute Gasteiger partial charge is 0.262 e. The Labute approximate surface area is 163 Å². The number of thioether (sulfide) groups is 1. The molecule has 5 nitrogen and oxygen atoms in total. The van der Waals surface area contributed by atoms with Crippen LogP contribution < -0.4 is 15.5 Å². The van der Waals surface area contributed by atoms with Crippen molar-refractivity contribution < 1.29 is 14.5 Å². The fraction of sp³-hybridized carbons (Fsp3) is 0.238. The van der Waals surface area contributed by atoms with E-state index in [1.54, 1.807) is 0 Å². The van der Waals surface area contributed by atoms with Gasteiger partial charge >= 0.3 is 0 Å². The maximum absolute atomic E-state index is 12.1. The molecule has 1 heterocycles. The van der Waals surface area contributed by atoms with Crippen molar-refractivity contribution in [2.24, 2.45) is 0 Å². The van der Waals surface area contributed by atoms with E-state index in [4.69, 9.17) is 0 Å². The predicted molar refractivity (Wildman–Crippen MR) is 109 cm³/mol. The molecule has 0 aliphatic carbocycles. The lowest BCUT2D eigenvalue weighted by Gasteiger charge is -2.18. The predicted octanol–water partition coefficient (Wildman–Crippen LogP) is 1.49. The number of para-hydroxylation sites is 1. The molecule has 1 atom stereocenters. The number of rotatable bonds is 7. The van der Waals surface area contributed by atoms with E-state index in [-0.39, 0.29) is 11.8 Å². The molecule has 3 N–H and O–H groups in total. The molecule has 0 saturated carbocycles. The second kappa shape index (κ2) is 9.39. The first-order chi connectivity index (χ1) is 13.1. The van der Waals surface area contributed by atoms with Crippen LogP contribution in [0.1, 0.15) is 5.56 Å². The van der Waals surface area contributed by atoms with Crippen LogP contribution in [0.2, 0.25) is 0 Å². The molecule has 1 aliphatic rings. The SMILES string of the molecule is C[NH+](CCNC(=O)C=C1Sc2ccccc2NC1=O)CCc1ccccc1. The van der Waals surface area contributed by atoms with Crippen LogP contribution in [0.5, 0.6) is 0 Å². The van der Waals surface area contributed by atoms with Gasteiger partial charge in [-0.15, -0.1) is 0 Å². The Kier molecular flexibility index (Phi) is 6.68. The molecule has 140 valence electrons. The third-order valence-corrected chi connectivity index (χ3v) is 5.47. The normalized spacial score (nSPS) is 15.7. The van der Waals surface area contributed by atoms with Gasteiger partial charge in [0.05, 0.1) is 37.3 Å². The fourth-order valence-electron chi connectivity index (χ4n) is 2.80. The monoisotopic (exact) mass is 382 g/mol. The maximum atomic E-state index is 12.1. The highest BCUT2D eigenvalue weighted by molar-refractivity contribution is 8.04. The summed E-state index contributed by atoms with van der Waals surface area (Å²) in [5, 5.41) is 5.68. The van der Waals surface area contributed by atoms with E-state index in [2.05, 4.69) is 41.9 Å². The topological polar surface area (TPSA) is 62.6 Å². The van der Waals surface area contributed by atoms with Crippen LogP contribution >= 0.6 is 11.8 Å². The Hall–Kier alpha value is -2.57. The van der Waals surface area contributed by atoms with Crippen molar-refractivity contribution in [1.29, 1.82) is 0 Å². The van der Waals surface area contributed by atoms with Gasteiger partial charge in [0.25, 0.3) is 5.91 Å². The van der Waals surface area contributed by atoms with Gasteiger partial charge in [0, 0.05) is 17.4 Å². The average Bonchev–Trinajstić information content (AvgIpc) is 2.68. The number of quaternary nitrogens is 1. The van der Waals surface area contributed by atoms with Crippen molar-refractivity contribution in [3.63, 3.8) is 0 Å². The van der Waals surface area contributed by atoms with E-state index in [0.717, 1.165) is 30.1 Å². The number of carbonyl (C=O) groups is 2. The van der Waals surface area contributed by atoms with Crippen molar-refractivity contribution >= 4 is 29.3 Å². The zero-order chi connectivity index (χ0) is 19.1. The third-order valence-electron chi connectivity index (χ3n) is 4.38. The minimum absolute atomic E-state index is 0.233. The number of hydrogen-bond donors (Lipinski definition) is 3. The number of anilines is 1. The molecule has 0 bridgehead atoms. The lowest BCUT2D eigenvalue weighted by atomic mass is 10.1. The lowest BCUT2D eigenvalue weighted by Crippen LogP contribution is -3.10. The summed E-state index contributed by atoms with van der Waals surface area (Å²) in [5.41, 5.74) is 2.11. The quantitative estimate of drug-likeness (QED) is 0.636. The standard InChI is InChI=1S/C21H23N3O2S/c1-24(13-11-16-7-3-2-4-8-16)14-12-22-20(25)15-19-21(26)23-17-9-5-6-10-18(17)27-19/h2-10,15H,11-14H2,1H3,(H,22,25)(H,23,26)/p+1. The molecule has 0 saturated heterocycles. The molecule has 2 amide bonds. The van der Waals surface area contributed by atoms with Gasteiger partial charge in [-0.3, -0.25) is 9.59 Å². The summed E-state index contributed by atoms with van der Waals surface area (Å²) in [6.45, 7) is 2.42. The van der Waals surface area contributed by atoms with E-state index in [1.807, 2.05) is 30.3 Å². The van der Waals surface area contributed by atoms with Crippen molar-refractivity contribution in [2.45, 2.75) is 11.3 Å². The van der Waals surface area contributed by atoms with Crippen LogP contribution in [-0.2, 0) is 16.0 Å². The zero-order valence-electron chi connectivity index (χ0n) is 15.3. The number of benzene rings is 2. The molecule has 0 aromatic heterocycles. The first-order valence-electron chi connectivity index (χ1n) is 9.05. The van der Waals surface area contributed by atoms with E-state index >= 15 is 0 Å². The molecule has 27 heavy (non-hydrogen) atoms. The molecule has 3 rings (SSSR count). The minimum Gasteiger partial charge on any atom is -0.347 e. The number of nitrogens with one attached hydrogen (secondary N) is 3. The van der Waals surface area contributed by atoms with Gasteiger partial charge in [0.1, 0.15) is 0 Å². The number of hydrogen-bond acceptors (Lipinski definition) is 3. The summed E-state index contributed by atoms with van der Waals surface area (Å²) in [5.74, 6) is -0.470. The van der Waals surface area contributed by atoms with E-state index in [1.165, 1.54) is 28.3 Å². The lowest BCUT2D eigenvalue weighted by molar-refractivity contribution is -0.878. The van der Waals surface area contributed by atoms with Crippen LogP contribution in [-0.4, -0.2) is 38.5 Å². The van der Waals surface area contributed by atoms with Crippen molar-refractivity contribution in [2.75, 3.05) is 32.0 Å². The second-order valence-electron chi connectivity index (χ2n) is 6.54. The molecular formula is C21H24N3O2S+. The molecule has 0 spiro atoms. The Morgan fingerprint density at radius 2 is 1.85 bits per heavy atom. The molecule has 0 radical (unpaired) electrons. The maximum Gasteiger partial charge on any atom is 0.262 e. The molecule has 6 heteroatoms. The van der Waals surface area contributed by atoms with E-state index < -0.39 is 0 Å². The highest BCUT2D eigenvalue weighted by Crippen LogP contribution is 2.37. The van der Waals surface area contributed by atoms with Crippen LogP contribution in [0.4, 0.5) is 5.69 Å². The Morgan fingerprint density at radius 1 is 1.11 bits per heavy atom. The summed E-state index contributed by atoms with van der Waals surface area (Å²) in [7, 11) is 2.12. The van der Waals surface area contributed by atoms with E-state index in [9.17, 15) is 9.59 Å². The van der Waals surface area contributed by atoms with Crippen molar-refractivity contribution in [1.82, 2.24) is 5.32 Å². The zero-order valence-corrected chi connectivity index (χ0v) is 16.1. The molecule has 0 fully saturated rings. The largest absolute Gasteiger partial charge is 0.347 e. The summed E-state index contributed by atoms with van der Waals surface area (Å²) in [6.07, 6.45) is 2.40. The number of amides is 2. The second-order valence-corrected chi connectivity index (χ2v) is 7.63. The minimum atomic E-state index is -0.237.